The van der Waals surface area contributed by atoms with Gasteiger partial charge in [-0.3, -0.25) is 4.79 Å². The third-order valence-corrected chi connectivity index (χ3v) is 3.80. The van der Waals surface area contributed by atoms with Crippen molar-refractivity contribution in [2.45, 2.75) is 79.7 Å². The maximum absolute atomic E-state index is 12.8. The summed E-state index contributed by atoms with van der Waals surface area (Å²) in [7, 11) is 0. The molecule has 1 aromatic heterocycles. The molecule has 8 nitrogen and oxygen atoms in total. The molecular formula is C19H31ClN4O4. The van der Waals surface area contributed by atoms with Crippen LogP contribution in [0.15, 0.2) is 16.0 Å². The molecule has 1 heterocycles. The number of alkyl carbamates (subject to hydrolysis) is 1. The van der Waals surface area contributed by atoms with Crippen molar-refractivity contribution in [2.24, 2.45) is 11.1 Å². The zero-order chi connectivity index (χ0) is 21.6. The van der Waals surface area contributed by atoms with Gasteiger partial charge in [-0.2, -0.15) is 5.10 Å². The highest BCUT2D eigenvalue weighted by molar-refractivity contribution is 6.29. The molecular weight excluding hydrogens is 384 g/mol. The summed E-state index contributed by atoms with van der Waals surface area (Å²) >= 11 is 6.11. The van der Waals surface area contributed by atoms with E-state index in [0.717, 1.165) is 0 Å². The van der Waals surface area contributed by atoms with E-state index in [4.69, 9.17) is 21.2 Å². The Balaban J connectivity index is 3.12. The van der Waals surface area contributed by atoms with Crippen LogP contribution in [-0.4, -0.2) is 39.3 Å². The van der Waals surface area contributed by atoms with E-state index in [-0.39, 0.29) is 35.3 Å². The Bertz CT molecular complexity index is 766. The molecule has 1 N–H and O–H groups in total. The lowest BCUT2D eigenvalue weighted by atomic mass is 10.0. The number of ether oxygens (including phenoxy) is 1. The quantitative estimate of drug-likeness (QED) is 0.543. The molecule has 0 saturated heterocycles. The van der Waals surface area contributed by atoms with Gasteiger partial charge < -0.3 is 14.9 Å². The van der Waals surface area contributed by atoms with E-state index in [2.05, 4.69) is 15.6 Å². The zero-order valence-electron chi connectivity index (χ0n) is 17.9. The minimum atomic E-state index is -0.617. The Morgan fingerprint density at radius 2 is 1.93 bits per heavy atom. The molecule has 0 aliphatic carbocycles. The Morgan fingerprint density at radius 1 is 1.32 bits per heavy atom. The van der Waals surface area contributed by atoms with Crippen LogP contribution in [0.1, 0.15) is 61.0 Å². The van der Waals surface area contributed by atoms with Crippen LogP contribution in [0.4, 0.5) is 4.79 Å². The van der Waals surface area contributed by atoms with E-state index in [9.17, 15) is 9.59 Å². The summed E-state index contributed by atoms with van der Waals surface area (Å²) in [6.45, 7) is 14.7. The lowest BCUT2D eigenvalue weighted by Crippen LogP contribution is -2.46. The maximum atomic E-state index is 12.8. The van der Waals surface area contributed by atoms with Gasteiger partial charge in [-0.25, -0.2) is 9.48 Å². The number of oxime groups is 1. The molecule has 0 fully saturated rings. The fourth-order valence-electron chi connectivity index (χ4n) is 2.19. The number of carbonyl (C=O) groups excluding carboxylic acids is 1. The average molecular weight is 415 g/mol. The zero-order valence-corrected chi connectivity index (χ0v) is 18.6. The topological polar surface area (TPSA) is 94.8 Å². The largest absolute Gasteiger partial charge is 0.444 e. The maximum Gasteiger partial charge on any atom is 0.407 e. The van der Waals surface area contributed by atoms with Crippen molar-refractivity contribution in [2.75, 3.05) is 0 Å². The summed E-state index contributed by atoms with van der Waals surface area (Å²) in [6.07, 6.45) is -0.664. The van der Waals surface area contributed by atoms with Crippen LogP contribution in [0, 0.1) is 5.92 Å². The van der Waals surface area contributed by atoms with E-state index in [1.54, 1.807) is 27.7 Å². The van der Waals surface area contributed by atoms with Crippen LogP contribution in [0.25, 0.3) is 0 Å². The lowest BCUT2D eigenvalue weighted by Gasteiger charge is -2.26. The van der Waals surface area contributed by atoms with Crippen molar-refractivity contribution >= 4 is 23.4 Å². The third-order valence-electron chi connectivity index (χ3n) is 3.61. The molecule has 158 valence electrons. The number of halogens is 1. The van der Waals surface area contributed by atoms with Gasteiger partial charge in [-0.1, -0.05) is 30.6 Å². The highest BCUT2D eigenvalue weighted by atomic mass is 35.5. The first kappa shape index (κ1) is 23.9. The number of nitrogens with zero attached hydrogens (tertiary/aromatic N) is 3. The van der Waals surface area contributed by atoms with E-state index in [1.807, 2.05) is 27.7 Å². The second kappa shape index (κ2) is 9.91. The SMILES string of the molecule is C/C(=N\OC(C)C)c1cc(Cl)nn(C[C@@H](NC(=O)OC(C)(C)C)C(C)C)c1=O. The fourth-order valence-corrected chi connectivity index (χ4v) is 2.39. The highest BCUT2D eigenvalue weighted by Gasteiger charge is 2.23. The molecule has 1 amide bonds. The van der Waals surface area contributed by atoms with Gasteiger partial charge in [0.2, 0.25) is 0 Å². The Morgan fingerprint density at radius 3 is 2.43 bits per heavy atom. The molecule has 1 atom stereocenters. The number of aromatic nitrogens is 2. The van der Waals surface area contributed by atoms with Crippen LogP contribution in [0.3, 0.4) is 0 Å². The summed E-state index contributed by atoms with van der Waals surface area (Å²) in [5, 5.41) is 11.0. The first-order valence-corrected chi connectivity index (χ1v) is 9.66. The molecule has 1 rings (SSSR count). The monoisotopic (exact) mass is 414 g/mol. The fraction of sp³-hybridized carbons (Fsp3) is 0.684. The minimum absolute atomic E-state index is 0.0303. The molecule has 0 bridgehead atoms. The van der Waals surface area contributed by atoms with E-state index in [0.29, 0.717) is 11.3 Å². The lowest BCUT2D eigenvalue weighted by molar-refractivity contribution is 0.0482. The Labute approximate surface area is 171 Å². The van der Waals surface area contributed by atoms with Gasteiger partial charge in [-0.15, -0.1) is 0 Å². The molecule has 28 heavy (non-hydrogen) atoms. The molecule has 0 aromatic carbocycles. The Hall–Kier alpha value is -2.09. The van der Waals surface area contributed by atoms with Crippen molar-refractivity contribution < 1.29 is 14.4 Å². The average Bonchev–Trinajstić information content (AvgIpc) is 2.52. The molecule has 1 aromatic rings. The number of carbonyl (C=O) groups is 1. The first-order chi connectivity index (χ1) is 12.8. The summed E-state index contributed by atoms with van der Waals surface area (Å²) in [5.41, 5.74) is -0.290. The summed E-state index contributed by atoms with van der Waals surface area (Å²) in [4.78, 5) is 30.2. The number of amides is 1. The number of rotatable bonds is 7. The second-order valence-corrected chi connectivity index (χ2v) is 8.58. The van der Waals surface area contributed by atoms with Crippen molar-refractivity contribution in [3.63, 3.8) is 0 Å². The van der Waals surface area contributed by atoms with Crippen LogP contribution in [0.2, 0.25) is 5.15 Å². The minimum Gasteiger partial charge on any atom is -0.444 e. The number of nitrogens with one attached hydrogen (secondary N) is 1. The Kier molecular flexibility index (Phi) is 8.48. The third kappa shape index (κ3) is 7.88. The van der Waals surface area contributed by atoms with Gasteiger partial charge in [0.25, 0.3) is 5.56 Å². The molecule has 9 heteroatoms. The van der Waals surface area contributed by atoms with Gasteiger partial charge >= 0.3 is 6.09 Å². The summed E-state index contributed by atoms with van der Waals surface area (Å²) in [6, 6.07) is 1.07. The van der Waals surface area contributed by atoms with Crippen LogP contribution in [-0.2, 0) is 16.1 Å². The van der Waals surface area contributed by atoms with Crippen molar-refractivity contribution in [3.05, 3.63) is 27.1 Å². The van der Waals surface area contributed by atoms with Crippen molar-refractivity contribution in [1.82, 2.24) is 15.1 Å². The molecule has 0 spiro atoms. The number of hydrogen-bond donors (Lipinski definition) is 1. The van der Waals surface area contributed by atoms with Crippen molar-refractivity contribution in [3.8, 4) is 0 Å². The molecule has 0 saturated carbocycles. The summed E-state index contributed by atoms with van der Waals surface area (Å²) in [5.74, 6) is 0.0303. The number of hydrogen-bond acceptors (Lipinski definition) is 6. The predicted octanol–water partition coefficient (Wildman–Crippen LogP) is 3.60. The van der Waals surface area contributed by atoms with Gasteiger partial charge in [0.15, 0.2) is 5.15 Å². The van der Waals surface area contributed by atoms with Gasteiger partial charge in [0.05, 0.1) is 23.9 Å². The van der Waals surface area contributed by atoms with Crippen LogP contribution < -0.4 is 10.9 Å². The molecule has 0 aliphatic rings. The van der Waals surface area contributed by atoms with Crippen LogP contribution in [0.5, 0.6) is 0 Å². The van der Waals surface area contributed by atoms with Crippen LogP contribution >= 0.6 is 11.6 Å². The highest BCUT2D eigenvalue weighted by Crippen LogP contribution is 2.11. The summed E-state index contributed by atoms with van der Waals surface area (Å²) < 4.78 is 6.54. The van der Waals surface area contributed by atoms with E-state index >= 15 is 0 Å². The molecule has 0 radical (unpaired) electrons. The van der Waals surface area contributed by atoms with Gasteiger partial charge in [-0.05, 0) is 53.5 Å². The van der Waals surface area contributed by atoms with Crippen molar-refractivity contribution in [1.29, 1.82) is 0 Å². The van der Waals surface area contributed by atoms with Gasteiger partial charge in [0.1, 0.15) is 11.7 Å². The molecule has 0 unspecified atom stereocenters. The standard InChI is InChI=1S/C19H31ClN4O4/c1-11(2)15(21-18(26)27-19(6,7)8)10-24-17(25)14(9-16(20)22-24)13(5)23-28-12(3)4/h9,11-12,15H,10H2,1-8H3,(H,21,26)/b23-13+/t15-/m1/s1. The smallest absolute Gasteiger partial charge is 0.407 e. The van der Waals surface area contributed by atoms with E-state index in [1.165, 1.54) is 10.7 Å². The molecule has 0 aliphatic heterocycles. The van der Waals surface area contributed by atoms with E-state index < -0.39 is 11.7 Å². The van der Waals surface area contributed by atoms with Gasteiger partial charge in [0, 0.05) is 0 Å². The normalized spacial score (nSPS) is 13.6. The first-order valence-electron chi connectivity index (χ1n) is 9.28. The predicted molar refractivity (Wildman–Crippen MR) is 110 cm³/mol. The second-order valence-electron chi connectivity index (χ2n) is 8.20.